The molecule has 0 aliphatic rings. The van der Waals surface area contributed by atoms with E-state index in [-0.39, 0.29) is 0 Å². The van der Waals surface area contributed by atoms with Gasteiger partial charge in [0, 0.05) is 12.1 Å². The molecule has 4 heteroatoms. The molecule has 0 spiro atoms. The van der Waals surface area contributed by atoms with Gasteiger partial charge in [0.2, 0.25) is 0 Å². The van der Waals surface area contributed by atoms with E-state index in [4.69, 9.17) is 11.5 Å². The Morgan fingerprint density at radius 1 is 0.600 bits per heavy atom. The first-order valence-corrected chi connectivity index (χ1v) is 8.55. The molecule has 4 nitrogen and oxygen atoms in total. The van der Waals surface area contributed by atoms with Crippen LogP contribution < -0.4 is 22.1 Å². The zero-order chi connectivity index (χ0) is 15.1. The molecule has 20 heavy (non-hydrogen) atoms. The Morgan fingerprint density at radius 2 is 0.950 bits per heavy atom. The summed E-state index contributed by atoms with van der Waals surface area (Å²) >= 11 is 0. The van der Waals surface area contributed by atoms with Crippen LogP contribution in [0.25, 0.3) is 0 Å². The molecule has 122 valence electrons. The Morgan fingerprint density at radius 3 is 1.30 bits per heavy atom. The smallest absolute Gasteiger partial charge is 0.00225 e. The lowest BCUT2D eigenvalue weighted by atomic mass is 10.1. The Bertz CT molecular complexity index is 163. The van der Waals surface area contributed by atoms with E-state index in [1.807, 2.05) is 0 Å². The topological polar surface area (TPSA) is 76.1 Å². The van der Waals surface area contributed by atoms with Gasteiger partial charge in [-0.3, -0.25) is 0 Å². The molecule has 0 fully saturated rings. The van der Waals surface area contributed by atoms with Crippen molar-refractivity contribution in [2.75, 3.05) is 26.2 Å². The quantitative estimate of drug-likeness (QED) is 0.347. The third-order valence-corrected chi connectivity index (χ3v) is 3.51. The predicted octanol–water partition coefficient (Wildman–Crippen LogP) is 1.98. The first-order chi connectivity index (χ1) is 9.63. The molecule has 0 saturated carbocycles. The molecule has 0 radical (unpaired) electrons. The number of nitrogens with one attached hydrogen (secondary N) is 2. The average molecular weight is 287 g/mol. The molecule has 6 N–H and O–H groups in total. The lowest BCUT2D eigenvalue weighted by Crippen LogP contribution is -2.24. The Hall–Kier alpha value is -0.160. The molecule has 0 rings (SSSR count). The minimum atomic E-state index is 0.323. The number of hydrogen-bond acceptors (Lipinski definition) is 4. The maximum atomic E-state index is 5.70. The summed E-state index contributed by atoms with van der Waals surface area (Å²) in [5.41, 5.74) is 11.4. The van der Waals surface area contributed by atoms with Gasteiger partial charge in [-0.2, -0.15) is 0 Å². The molecular formula is C16H38N4. The van der Waals surface area contributed by atoms with Gasteiger partial charge in [-0.15, -0.1) is 0 Å². The van der Waals surface area contributed by atoms with Crippen LogP contribution in [0.4, 0.5) is 0 Å². The van der Waals surface area contributed by atoms with Gasteiger partial charge in [-0.1, -0.05) is 25.7 Å². The van der Waals surface area contributed by atoms with Gasteiger partial charge < -0.3 is 22.1 Å². The molecule has 0 aromatic carbocycles. The number of rotatable bonds is 15. The van der Waals surface area contributed by atoms with Gasteiger partial charge in [0.15, 0.2) is 0 Å². The SMILES string of the molecule is C[C@H](N)CCNCCCCCCCCNCC[C@H](C)N. The molecule has 2 atom stereocenters. The van der Waals surface area contributed by atoms with Gasteiger partial charge in [-0.05, 0) is 65.7 Å². The summed E-state index contributed by atoms with van der Waals surface area (Å²) in [5, 5.41) is 6.90. The van der Waals surface area contributed by atoms with Crippen molar-refractivity contribution in [3.63, 3.8) is 0 Å². The summed E-state index contributed by atoms with van der Waals surface area (Å²) < 4.78 is 0. The van der Waals surface area contributed by atoms with Crippen LogP contribution in [0.3, 0.4) is 0 Å². The number of hydrogen-bond donors (Lipinski definition) is 4. The van der Waals surface area contributed by atoms with E-state index in [1.54, 1.807) is 0 Å². The van der Waals surface area contributed by atoms with Gasteiger partial charge in [-0.25, -0.2) is 0 Å². The second kappa shape index (κ2) is 15.2. The molecule has 0 saturated heterocycles. The highest BCUT2D eigenvalue weighted by Crippen LogP contribution is 2.04. The number of nitrogens with two attached hydrogens (primary N) is 2. The fraction of sp³-hybridized carbons (Fsp3) is 1.00. The fourth-order valence-corrected chi connectivity index (χ4v) is 2.12. The lowest BCUT2D eigenvalue weighted by Gasteiger charge is -2.07. The first-order valence-electron chi connectivity index (χ1n) is 8.55. The van der Waals surface area contributed by atoms with Crippen molar-refractivity contribution < 1.29 is 0 Å². The van der Waals surface area contributed by atoms with Crippen LogP contribution in [0, 0.1) is 0 Å². The zero-order valence-corrected chi connectivity index (χ0v) is 13.8. The Labute approximate surface area is 126 Å². The van der Waals surface area contributed by atoms with E-state index in [0.717, 1.165) is 39.0 Å². The molecule has 0 aromatic rings. The molecule has 0 bridgehead atoms. The van der Waals surface area contributed by atoms with Crippen molar-refractivity contribution >= 4 is 0 Å². The van der Waals surface area contributed by atoms with Crippen LogP contribution in [-0.4, -0.2) is 38.3 Å². The summed E-state index contributed by atoms with van der Waals surface area (Å²) in [6.45, 7) is 8.53. The summed E-state index contributed by atoms with van der Waals surface area (Å²) in [4.78, 5) is 0. The largest absolute Gasteiger partial charge is 0.328 e. The second-order valence-corrected chi connectivity index (χ2v) is 6.15. The van der Waals surface area contributed by atoms with E-state index in [2.05, 4.69) is 24.5 Å². The number of unbranched alkanes of at least 4 members (excludes halogenated alkanes) is 5. The van der Waals surface area contributed by atoms with Crippen LogP contribution in [0.5, 0.6) is 0 Å². The summed E-state index contributed by atoms with van der Waals surface area (Å²) in [7, 11) is 0. The van der Waals surface area contributed by atoms with Gasteiger partial charge in [0.05, 0.1) is 0 Å². The fourth-order valence-electron chi connectivity index (χ4n) is 2.12. The second-order valence-electron chi connectivity index (χ2n) is 6.15. The van der Waals surface area contributed by atoms with E-state index in [1.165, 1.54) is 38.5 Å². The Kier molecular flexibility index (Phi) is 15.1. The van der Waals surface area contributed by atoms with Crippen LogP contribution in [0.15, 0.2) is 0 Å². The van der Waals surface area contributed by atoms with Gasteiger partial charge >= 0.3 is 0 Å². The zero-order valence-electron chi connectivity index (χ0n) is 13.8. The van der Waals surface area contributed by atoms with Crippen molar-refractivity contribution in [3.8, 4) is 0 Å². The molecular weight excluding hydrogens is 248 g/mol. The maximum Gasteiger partial charge on any atom is 0.00225 e. The monoisotopic (exact) mass is 286 g/mol. The van der Waals surface area contributed by atoms with E-state index in [0.29, 0.717) is 12.1 Å². The molecule has 0 heterocycles. The highest BCUT2D eigenvalue weighted by molar-refractivity contribution is 4.57. The molecule has 0 aliphatic carbocycles. The Balaban J connectivity index is 2.96. The van der Waals surface area contributed by atoms with Crippen LogP contribution in [0.2, 0.25) is 0 Å². The van der Waals surface area contributed by atoms with Crippen LogP contribution in [0.1, 0.15) is 65.2 Å². The lowest BCUT2D eigenvalue weighted by molar-refractivity contribution is 0.529. The minimum Gasteiger partial charge on any atom is -0.328 e. The standard InChI is InChI=1S/C16H38N4/c1-15(17)9-13-19-11-7-5-3-4-6-8-12-20-14-10-16(2)18/h15-16,19-20H,3-14,17-18H2,1-2H3/t15-,16-/m0/s1. The van der Waals surface area contributed by atoms with E-state index < -0.39 is 0 Å². The first kappa shape index (κ1) is 19.8. The highest BCUT2D eigenvalue weighted by Gasteiger charge is 1.95. The van der Waals surface area contributed by atoms with Crippen molar-refractivity contribution in [1.82, 2.24) is 10.6 Å². The van der Waals surface area contributed by atoms with Crippen molar-refractivity contribution in [1.29, 1.82) is 0 Å². The molecule has 0 aliphatic heterocycles. The summed E-state index contributed by atoms with van der Waals surface area (Å²) in [6, 6.07) is 0.647. The van der Waals surface area contributed by atoms with Crippen molar-refractivity contribution in [2.45, 2.75) is 77.3 Å². The normalized spacial score (nSPS) is 14.4. The summed E-state index contributed by atoms with van der Waals surface area (Å²) in [5.74, 6) is 0. The molecule has 0 amide bonds. The minimum absolute atomic E-state index is 0.323. The van der Waals surface area contributed by atoms with Crippen LogP contribution >= 0.6 is 0 Å². The van der Waals surface area contributed by atoms with Crippen molar-refractivity contribution in [2.24, 2.45) is 11.5 Å². The van der Waals surface area contributed by atoms with Crippen LogP contribution in [-0.2, 0) is 0 Å². The van der Waals surface area contributed by atoms with E-state index >= 15 is 0 Å². The molecule has 0 unspecified atom stereocenters. The third kappa shape index (κ3) is 17.8. The van der Waals surface area contributed by atoms with Crippen molar-refractivity contribution in [3.05, 3.63) is 0 Å². The highest BCUT2D eigenvalue weighted by atomic mass is 14.9. The third-order valence-electron chi connectivity index (χ3n) is 3.51. The van der Waals surface area contributed by atoms with E-state index in [9.17, 15) is 0 Å². The predicted molar refractivity (Wildman–Crippen MR) is 90.0 cm³/mol. The summed E-state index contributed by atoms with van der Waals surface area (Å²) in [6.07, 6.45) is 10.2. The molecule has 0 aromatic heterocycles. The maximum absolute atomic E-state index is 5.70. The average Bonchev–Trinajstić information content (AvgIpc) is 2.38. The van der Waals surface area contributed by atoms with Gasteiger partial charge in [0.1, 0.15) is 0 Å². The van der Waals surface area contributed by atoms with Gasteiger partial charge in [0.25, 0.3) is 0 Å².